The number of carbonyl (C=O) groups is 1. The molecule has 0 saturated carbocycles. The molecule has 1 N–H and O–H groups in total. The van der Waals surface area contributed by atoms with Crippen LogP contribution in [0.15, 0.2) is 90.1 Å². The normalized spacial score (nSPS) is 10.7. The standard InChI is InChI=1S/C24H21ClN4OS/c25-21-13-11-20(12-14-21)23-27-28-24(29(23)16-19-9-5-2-6-10-19)31-17-22(30)26-15-18-7-3-1-4-8-18/h1-14H,15-17H2,(H,26,30). The van der Waals surface area contributed by atoms with Gasteiger partial charge in [-0.25, -0.2) is 0 Å². The van der Waals surface area contributed by atoms with Crippen LogP contribution in [0.2, 0.25) is 5.02 Å². The van der Waals surface area contributed by atoms with Gasteiger partial charge in [-0.3, -0.25) is 9.36 Å². The molecule has 31 heavy (non-hydrogen) atoms. The van der Waals surface area contributed by atoms with Crippen LogP contribution in [0.5, 0.6) is 0 Å². The number of thioether (sulfide) groups is 1. The Morgan fingerprint density at radius 3 is 2.19 bits per heavy atom. The third-order valence-electron chi connectivity index (χ3n) is 4.67. The number of amides is 1. The number of nitrogens with zero attached hydrogens (tertiary/aromatic N) is 3. The van der Waals surface area contributed by atoms with Crippen molar-refractivity contribution in [3.8, 4) is 11.4 Å². The molecule has 0 saturated heterocycles. The van der Waals surface area contributed by atoms with Crippen molar-refractivity contribution < 1.29 is 4.79 Å². The van der Waals surface area contributed by atoms with Gasteiger partial charge in [0.2, 0.25) is 5.91 Å². The Morgan fingerprint density at radius 1 is 0.871 bits per heavy atom. The summed E-state index contributed by atoms with van der Waals surface area (Å²) in [6.45, 7) is 1.12. The molecule has 0 aliphatic carbocycles. The van der Waals surface area contributed by atoms with Crippen LogP contribution in [-0.4, -0.2) is 26.4 Å². The van der Waals surface area contributed by atoms with E-state index >= 15 is 0 Å². The molecule has 0 spiro atoms. The highest BCUT2D eigenvalue weighted by molar-refractivity contribution is 7.99. The summed E-state index contributed by atoms with van der Waals surface area (Å²) in [4.78, 5) is 12.4. The first-order chi connectivity index (χ1) is 15.2. The molecule has 3 aromatic carbocycles. The van der Waals surface area contributed by atoms with Gasteiger partial charge in [0.1, 0.15) is 0 Å². The molecule has 5 nitrogen and oxygen atoms in total. The Kier molecular flexibility index (Phi) is 7.02. The Hall–Kier alpha value is -3.09. The zero-order valence-corrected chi connectivity index (χ0v) is 18.3. The van der Waals surface area contributed by atoms with Crippen LogP contribution in [0.3, 0.4) is 0 Å². The van der Waals surface area contributed by atoms with Crippen LogP contribution < -0.4 is 5.32 Å². The lowest BCUT2D eigenvalue weighted by Gasteiger charge is -2.11. The lowest BCUT2D eigenvalue weighted by Crippen LogP contribution is -2.24. The number of hydrogen-bond acceptors (Lipinski definition) is 4. The van der Waals surface area contributed by atoms with E-state index < -0.39 is 0 Å². The van der Waals surface area contributed by atoms with Gasteiger partial charge < -0.3 is 5.32 Å². The van der Waals surface area contributed by atoms with E-state index in [1.165, 1.54) is 11.8 Å². The number of aromatic nitrogens is 3. The molecule has 7 heteroatoms. The first kappa shape index (κ1) is 21.2. The summed E-state index contributed by atoms with van der Waals surface area (Å²) >= 11 is 7.42. The van der Waals surface area contributed by atoms with Crippen molar-refractivity contribution >= 4 is 29.3 Å². The van der Waals surface area contributed by atoms with Gasteiger partial charge in [-0.2, -0.15) is 0 Å². The second-order valence-corrected chi connectivity index (χ2v) is 8.31. The quantitative estimate of drug-likeness (QED) is 0.383. The fourth-order valence-corrected chi connectivity index (χ4v) is 3.99. The van der Waals surface area contributed by atoms with Gasteiger partial charge in [0, 0.05) is 17.1 Å². The minimum absolute atomic E-state index is 0.0452. The molecule has 156 valence electrons. The minimum Gasteiger partial charge on any atom is -0.351 e. The summed E-state index contributed by atoms with van der Waals surface area (Å²) in [5.41, 5.74) is 3.12. The van der Waals surface area contributed by atoms with Crippen LogP contribution in [-0.2, 0) is 17.9 Å². The van der Waals surface area contributed by atoms with E-state index in [-0.39, 0.29) is 11.7 Å². The zero-order chi connectivity index (χ0) is 21.5. The Balaban J connectivity index is 1.49. The fraction of sp³-hybridized carbons (Fsp3) is 0.125. The lowest BCUT2D eigenvalue weighted by atomic mass is 10.2. The van der Waals surface area contributed by atoms with E-state index in [1.54, 1.807) is 0 Å². The van der Waals surface area contributed by atoms with Crippen LogP contribution in [0.1, 0.15) is 11.1 Å². The summed E-state index contributed by atoms with van der Waals surface area (Å²) in [5, 5.41) is 13.1. The predicted molar refractivity (Wildman–Crippen MR) is 125 cm³/mol. The first-order valence-electron chi connectivity index (χ1n) is 9.85. The molecule has 0 aliphatic heterocycles. The largest absolute Gasteiger partial charge is 0.351 e. The van der Waals surface area contributed by atoms with E-state index in [4.69, 9.17) is 11.6 Å². The molecule has 0 aliphatic rings. The molecule has 4 rings (SSSR count). The molecule has 1 aromatic heterocycles. The first-order valence-corrected chi connectivity index (χ1v) is 11.2. The lowest BCUT2D eigenvalue weighted by molar-refractivity contribution is -0.118. The highest BCUT2D eigenvalue weighted by Crippen LogP contribution is 2.26. The van der Waals surface area contributed by atoms with Crippen molar-refractivity contribution in [1.82, 2.24) is 20.1 Å². The van der Waals surface area contributed by atoms with E-state index in [0.717, 1.165) is 22.5 Å². The third-order valence-corrected chi connectivity index (χ3v) is 5.89. The van der Waals surface area contributed by atoms with Crippen LogP contribution in [0.4, 0.5) is 0 Å². The van der Waals surface area contributed by atoms with Gasteiger partial charge in [-0.05, 0) is 35.4 Å². The van der Waals surface area contributed by atoms with Gasteiger partial charge in [0.05, 0.1) is 12.3 Å². The molecular weight excluding hydrogens is 428 g/mol. The van der Waals surface area contributed by atoms with Gasteiger partial charge in [-0.1, -0.05) is 84.0 Å². The highest BCUT2D eigenvalue weighted by atomic mass is 35.5. The Labute approximate surface area is 190 Å². The van der Waals surface area contributed by atoms with Gasteiger partial charge in [0.25, 0.3) is 0 Å². The zero-order valence-electron chi connectivity index (χ0n) is 16.7. The van der Waals surface area contributed by atoms with E-state index in [0.29, 0.717) is 23.3 Å². The van der Waals surface area contributed by atoms with Crippen molar-refractivity contribution in [3.05, 3.63) is 101 Å². The van der Waals surface area contributed by atoms with Crippen molar-refractivity contribution in [2.45, 2.75) is 18.2 Å². The van der Waals surface area contributed by atoms with E-state index in [1.807, 2.05) is 77.4 Å². The maximum atomic E-state index is 12.4. The summed E-state index contributed by atoms with van der Waals surface area (Å²) < 4.78 is 2.04. The highest BCUT2D eigenvalue weighted by Gasteiger charge is 2.16. The molecule has 0 atom stereocenters. The van der Waals surface area contributed by atoms with Crippen LogP contribution >= 0.6 is 23.4 Å². The smallest absolute Gasteiger partial charge is 0.230 e. The molecule has 0 unspecified atom stereocenters. The number of nitrogens with one attached hydrogen (secondary N) is 1. The molecular formula is C24H21ClN4OS. The number of carbonyl (C=O) groups excluding carboxylic acids is 1. The minimum atomic E-state index is -0.0452. The average Bonchev–Trinajstić information content (AvgIpc) is 3.20. The molecule has 1 amide bonds. The summed E-state index contributed by atoms with van der Waals surface area (Å²) in [5.74, 6) is 0.962. The maximum Gasteiger partial charge on any atom is 0.230 e. The molecule has 4 aromatic rings. The van der Waals surface area contributed by atoms with Crippen LogP contribution in [0, 0.1) is 0 Å². The summed E-state index contributed by atoms with van der Waals surface area (Å²) in [6, 6.07) is 27.5. The van der Waals surface area contributed by atoms with E-state index in [2.05, 4.69) is 27.6 Å². The van der Waals surface area contributed by atoms with Gasteiger partial charge in [-0.15, -0.1) is 10.2 Å². The predicted octanol–water partition coefficient (Wildman–Crippen LogP) is 5.06. The van der Waals surface area contributed by atoms with E-state index in [9.17, 15) is 4.79 Å². The fourth-order valence-electron chi connectivity index (χ4n) is 3.09. The van der Waals surface area contributed by atoms with Crippen molar-refractivity contribution in [2.75, 3.05) is 5.75 Å². The van der Waals surface area contributed by atoms with Crippen LogP contribution in [0.25, 0.3) is 11.4 Å². The second-order valence-electron chi connectivity index (χ2n) is 6.94. The average molecular weight is 449 g/mol. The number of halogens is 1. The molecule has 0 fully saturated rings. The molecule has 1 heterocycles. The Morgan fingerprint density at radius 2 is 1.52 bits per heavy atom. The topological polar surface area (TPSA) is 59.8 Å². The summed E-state index contributed by atoms with van der Waals surface area (Å²) in [6.07, 6.45) is 0. The summed E-state index contributed by atoms with van der Waals surface area (Å²) in [7, 11) is 0. The second kappa shape index (κ2) is 10.3. The SMILES string of the molecule is O=C(CSc1nnc(-c2ccc(Cl)cc2)n1Cc1ccccc1)NCc1ccccc1. The number of hydrogen-bond donors (Lipinski definition) is 1. The molecule has 0 bridgehead atoms. The van der Waals surface area contributed by atoms with Gasteiger partial charge >= 0.3 is 0 Å². The van der Waals surface area contributed by atoms with Crippen molar-refractivity contribution in [2.24, 2.45) is 0 Å². The number of rotatable bonds is 8. The number of benzene rings is 3. The maximum absolute atomic E-state index is 12.4. The third kappa shape index (κ3) is 5.75. The monoisotopic (exact) mass is 448 g/mol. The van der Waals surface area contributed by atoms with Crippen molar-refractivity contribution in [1.29, 1.82) is 0 Å². The van der Waals surface area contributed by atoms with Crippen molar-refractivity contribution in [3.63, 3.8) is 0 Å². The molecule has 0 radical (unpaired) electrons. The Bertz CT molecular complexity index is 1130. The van der Waals surface area contributed by atoms with Gasteiger partial charge in [0.15, 0.2) is 11.0 Å².